The molecule has 3 aromatic heterocycles. The monoisotopic (exact) mass is 496 g/mol. The summed E-state index contributed by atoms with van der Waals surface area (Å²) in [7, 11) is 0. The van der Waals surface area contributed by atoms with E-state index < -0.39 is 0 Å². The summed E-state index contributed by atoms with van der Waals surface area (Å²) in [5.74, 6) is -0.0471. The summed E-state index contributed by atoms with van der Waals surface area (Å²) in [6, 6.07) is 19.7. The fraction of sp³-hybridized carbons (Fsp3) is 0.214. The Hall–Kier alpha value is -4.04. The molecule has 4 heterocycles. The SMILES string of the molecule is Cc1ccc(C)c(NC(=O)CCN2C(=S)N[C@@H](c3ccccn3)[C@H]2c2cccn2-c2cccnc2)c1. The third-order valence-corrected chi connectivity index (χ3v) is 6.80. The van der Waals surface area contributed by atoms with Gasteiger partial charge in [0, 0.05) is 42.9 Å². The average molecular weight is 497 g/mol. The van der Waals surface area contributed by atoms with Gasteiger partial charge in [-0.1, -0.05) is 18.2 Å². The van der Waals surface area contributed by atoms with Crippen molar-refractivity contribution in [3.8, 4) is 5.69 Å². The summed E-state index contributed by atoms with van der Waals surface area (Å²) >= 11 is 5.78. The van der Waals surface area contributed by atoms with Gasteiger partial charge >= 0.3 is 0 Å². The van der Waals surface area contributed by atoms with Gasteiger partial charge in [-0.15, -0.1) is 0 Å². The Morgan fingerprint density at radius 2 is 1.97 bits per heavy atom. The number of aromatic nitrogens is 3. The number of amides is 1. The summed E-state index contributed by atoms with van der Waals surface area (Å²) < 4.78 is 2.12. The van der Waals surface area contributed by atoms with Crippen molar-refractivity contribution in [3.05, 3.63) is 108 Å². The number of nitrogens with zero attached hydrogens (tertiary/aromatic N) is 4. The highest BCUT2D eigenvalue weighted by atomic mass is 32.1. The van der Waals surface area contributed by atoms with E-state index in [-0.39, 0.29) is 18.0 Å². The van der Waals surface area contributed by atoms with E-state index in [9.17, 15) is 4.79 Å². The zero-order valence-corrected chi connectivity index (χ0v) is 21.1. The molecule has 1 saturated heterocycles. The van der Waals surface area contributed by atoms with Crippen LogP contribution < -0.4 is 10.6 Å². The van der Waals surface area contributed by atoms with E-state index in [1.807, 2.05) is 80.8 Å². The summed E-state index contributed by atoms with van der Waals surface area (Å²) in [4.78, 5) is 23.9. The van der Waals surface area contributed by atoms with E-state index >= 15 is 0 Å². The summed E-state index contributed by atoms with van der Waals surface area (Å²) in [5.41, 5.74) is 5.88. The molecule has 4 aromatic rings. The minimum Gasteiger partial charge on any atom is -0.352 e. The van der Waals surface area contributed by atoms with Gasteiger partial charge in [-0.25, -0.2) is 0 Å². The maximum absolute atomic E-state index is 12.9. The number of carbonyl (C=O) groups excluding carboxylic acids is 1. The molecule has 8 heteroatoms. The molecule has 1 aromatic carbocycles. The number of rotatable bonds is 7. The number of anilines is 1. The van der Waals surface area contributed by atoms with E-state index in [4.69, 9.17) is 12.2 Å². The predicted octanol–water partition coefficient (Wildman–Crippen LogP) is 4.89. The van der Waals surface area contributed by atoms with Gasteiger partial charge in [0.05, 0.1) is 29.7 Å². The number of hydrogen-bond acceptors (Lipinski definition) is 4. The third kappa shape index (κ3) is 4.85. The maximum Gasteiger partial charge on any atom is 0.226 e. The predicted molar refractivity (Wildman–Crippen MR) is 145 cm³/mol. The topological polar surface area (TPSA) is 75.1 Å². The van der Waals surface area contributed by atoms with Crippen molar-refractivity contribution in [1.82, 2.24) is 24.8 Å². The third-order valence-electron chi connectivity index (χ3n) is 6.45. The first-order chi connectivity index (χ1) is 17.5. The molecule has 1 aliphatic heterocycles. The van der Waals surface area contributed by atoms with Gasteiger partial charge < -0.3 is 20.1 Å². The molecule has 36 heavy (non-hydrogen) atoms. The largest absolute Gasteiger partial charge is 0.352 e. The molecule has 2 atom stereocenters. The first kappa shape index (κ1) is 23.7. The van der Waals surface area contributed by atoms with Gasteiger partial charge in [-0.05, 0) is 79.7 Å². The van der Waals surface area contributed by atoms with Gasteiger partial charge in [-0.3, -0.25) is 14.8 Å². The van der Waals surface area contributed by atoms with E-state index in [2.05, 4.69) is 36.1 Å². The zero-order valence-electron chi connectivity index (χ0n) is 20.3. The standard InChI is InChI=1S/C28H28N6OS/c1-19-10-11-20(2)23(17-19)31-25(35)12-16-34-27(26(32-28(34)36)22-8-3-4-14-30-22)24-9-6-15-33(24)21-7-5-13-29-18-21/h3-11,13-15,17-18,26-27H,12,16H2,1-2H3,(H,31,35)(H,32,36)/t26-,27+/m0/s1. The maximum atomic E-state index is 12.9. The smallest absolute Gasteiger partial charge is 0.226 e. The van der Waals surface area contributed by atoms with E-state index in [1.54, 1.807) is 12.4 Å². The molecule has 0 radical (unpaired) electrons. The quantitative estimate of drug-likeness (QED) is 0.355. The molecule has 0 unspecified atom stereocenters. The van der Waals surface area contributed by atoms with Crippen LogP contribution in [0.3, 0.4) is 0 Å². The van der Waals surface area contributed by atoms with Gasteiger partial charge in [0.2, 0.25) is 5.91 Å². The molecule has 5 rings (SSSR count). The van der Waals surface area contributed by atoms with Crippen LogP contribution in [0, 0.1) is 13.8 Å². The van der Waals surface area contributed by atoms with Crippen LogP contribution in [0.4, 0.5) is 5.69 Å². The molecular formula is C28H28N6OS. The van der Waals surface area contributed by atoms with E-state index in [0.717, 1.165) is 33.9 Å². The number of thiocarbonyl (C=S) groups is 1. The van der Waals surface area contributed by atoms with Crippen LogP contribution in [-0.4, -0.2) is 37.0 Å². The zero-order chi connectivity index (χ0) is 25.1. The summed E-state index contributed by atoms with van der Waals surface area (Å²) in [6.07, 6.45) is 7.71. The number of hydrogen-bond donors (Lipinski definition) is 2. The first-order valence-electron chi connectivity index (χ1n) is 11.9. The van der Waals surface area contributed by atoms with Gasteiger partial charge in [0.25, 0.3) is 0 Å². The van der Waals surface area contributed by atoms with E-state index in [1.165, 1.54) is 0 Å². The normalized spacial score (nSPS) is 17.2. The number of carbonyl (C=O) groups is 1. The Bertz CT molecular complexity index is 1370. The highest BCUT2D eigenvalue weighted by Gasteiger charge is 2.41. The second kappa shape index (κ2) is 10.3. The Morgan fingerprint density at radius 1 is 1.08 bits per heavy atom. The molecule has 0 aliphatic carbocycles. The van der Waals surface area contributed by atoms with E-state index in [0.29, 0.717) is 18.1 Å². The van der Waals surface area contributed by atoms with Crippen molar-refractivity contribution < 1.29 is 4.79 Å². The van der Waals surface area contributed by atoms with Gasteiger partial charge in [0.15, 0.2) is 5.11 Å². The molecule has 182 valence electrons. The van der Waals surface area contributed by atoms with Crippen molar-refractivity contribution in [2.45, 2.75) is 32.4 Å². The summed E-state index contributed by atoms with van der Waals surface area (Å²) in [5, 5.41) is 7.13. The Balaban J connectivity index is 1.43. The van der Waals surface area contributed by atoms with Crippen molar-refractivity contribution in [2.75, 3.05) is 11.9 Å². The van der Waals surface area contributed by atoms with Gasteiger partial charge in [-0.2, -0.15) is 0 Å². The molecule has 7 nitrogen and oxygen atoms in total. The lowest BCUT2D eigenvalue weighted by molar-refractivity contribution is -0.116. The molecule has 2 N–H and O–H groups in total. The minimum absolute atomic E-state index is 0.0471. The van der Waals surface area contributed by atoms with Crippen molar-refractivity contribution >= 4 is 28.9 Å². The van der Waals surface area contributed by atoms with Crippen LogP contribution in [0.5, 0.6) is 0 Å². The molecule has 0 saturated carbocycles. The number of nitrogens with one attached hydrogen (secondary N) is 2. The number of benzene rings is 1. The Kier molecular flexibility index (Phi) is 6.77. The van der Waals surface area contributed by atoms with Crippen LogP contribution in [0.15, 0.2) is 85.5 Å². The summed E-state index contributed by atoms with van der Waals surface area (Å²) in [6.45, 7) is 4.48. The lowest BCUT2D eigenvalue weighted by atomic mass is 10.0. The van der Waals surface area contributed by atoms with Crippen LogP contribution in [0.1, 0.15) is 41.0 Å². The van der Waals surface area contributed by atoms with Crippen molar-refractivity contribution in [1.29, 1.82) is 0 Å². The van der Waals surface area contributed by atoms with Crippen molar-refractivity contribution in [2.24, 2.45) is 0 Å². The molecule has 1 amide bonds. The fourth-order valence-corrected chi connectivity index (χ4v) is 4.97. The van der Waals surface area contributed by atoms with Gasteiger partial charge in [0.1, 0.15) is 0 Å². The number of aryl methyl sites for hydroxylation is 2. The molecule has 1 aliphatic rings. The Morgan fingerprint density at radius 3 is 2.75 bits per heavy atom. The Labute approximate surface area is 216 Å². The highest BCUT2D eigenvalue weighted by molar-refractivity contribution is 7.80. The minimum atomic E-state index is -0.161. The number of pyridine rings is 2. The fourth-order valence-electron chi connectivity index (χ4n) is 4.64. The second-order valence-electron chi connectivity index (χ2n) is 8.95. The molecule has 1 fully saturated rings. The second-order valence-corrected chi connectivity index (χ2v) is 9.34. The van der Waals surface area contributed by atoms with Crippen LogP contribution >= 0.6 is 12.2 Å². The van der Waals surface area contributed by atoms with Crippen LogP contribution in [0.25, 0.3) is 5.69 Å². The van der Waals surface area contributed by atoms with Crippen molar-refractivity contribution in [3.63, 3.8) is 0 Å². The first-order valence-corrected chi connectivity index (χ1v) is 12.3. The highest BCUT2D eigenvalue weighted by Crippen LogP contribution is 2.39. The average Bonchev–Trinajstić information content (AvgIpc) is 3.50. The molecule has 0 spiro atoms. The molecule has 0 bridgehead atoms. The lowest BCUT2D eigenvalue weighted by Crippen LogP contribution is -2.33. The van der Waals surface area contributed by atoms with Crippen LogP contribution in [-0.2, 0) is 4.79 Å². The van der Waals surface area contributed by atoms with Crippen LogP contribution in [0.2, 0.25) is 0 Å². The molecular weight excluding hydrogens is 468 g/mol. The lowest BCUT2D eigenvalue weighted by Gasteiger charge is -2.28.